The molecule has 28 heavy (non-hydrogen) atoms. The lowest BCUT2D eigenvalue weighted by molar-refractivity contribution is 0.187. The average Bonchev–Trinajstić information content (AvgIpc) is 3.29. The Hall–Kier alpha value is -1.98. The lowest BCUT2D eigenvalue weighted by atomic mass is 10.0. The van der Waals surface area contributed by atoms with Crippen molar-refractivity contribution in [2.45, 2.75) is 51.2 Å². The van der Waals surface area contributed by atoms with Crippen molar-refractivity contribution >= 4 is 5.82 Å². The molecule has 1 saturated heterocycles. The highest BCUT2D eigenvalue weighted by atomic mass is 15.3. The maximum Gasteiger partial charge on any atom is 0.135 e. The van der Waals surface area contributed by atoms with Crippen LogP contribution < -0.4 is 4.90 Å². The highest BCUT2D eigenvalue weighted by molar-refractivity contribution is 5.50. The number of piperazine rings is 1. The second-order valence-electron chi connectivity index (χ2n) is 8.53. The lowest BCUT2D eigenvalue weighted by Crippen LogP contribution is -2.50. The second kappa shape index (κ2) is 8.18. The van der Waals surface area contributed by atoms with Gasteiger partial charge in [0.15, 0.2) is 0 Å². The minimum absolute atomic E-state index is 0.841. The van der Waals surface area contributed by atoms with Crippen LogP contribution in [0.25, 0.3) is 0 Å². The largest absolute Gasteiger partial charge is 0.354 e. The minimum Gasteiger partial charge on any atom is -0.354 e. The smallest absolute Gasteiger partial charge is 0.135 e. The van der Waals surface area contributed by atoms with Gasteiger partial charge in [-0.2, -0.15) is 0 Å². The molecule has 1 aromatic carbocycles. The maximum atomic E-state index is 4.73. The third kappa shape index (κ3) is 3.78. The van der Waals surface area contributed by atoms with Crippen molar-refractivity contribution in [2.75, 3.05) is 37.6 Å². The Morgan fingerprint density at radius 2 is 1.68 bits per heavy atom. The lowest BCUT2D eigenvalue weighted by Gasteiger charge is -2.40. The second-order valence-corrected chi connectivity index (χ2v) is 8.53. The van der Waals surface area contributed by atoms with Crippen LogP contribution in [-0.2, 0) is 19.5 Å². The molecule has 5 rings (SSSR count). The van der Waals surface area contributed by atoms with E-state index in [0.29, 0.717) is 0 Å². The summed E-state index contributed by atoms with van der Waals surface area (Å²) in [6.07, 6.45) is 8.48. The first-order chi connectivity index (χ1) is 13.9. The number of fused-ring (bicyclic) bond motifs is 1. The van der Waals surface area contributed by atoms with E-state index in [1.54, 1.807) is 6.33 Å². The van der Waals surface area contributed by atoms with Crippen LogP contribution in [0.5, 0.6) is 0 Å². The molecule has 0 spiro atoms. The highest BCUT2D eigenvalue weighted by Crippen LogP contribution is 2.29. The summed E-state index contributed by atoms with van der Waals surface area (Å²) in [5, 5.41) is 0. The summed E-state index contributed by atoms with van der Waals surface area (Å²) in [5.41, 5.74) is 4.00. The fourth-order valence-corrected chi connectivity index (χ4v) is 5.21. The Balaban J connectivity index is 1.25. The topological polar surface area (TPSA) is 35.5 Å². The molecule has 0 radical (unpaired) electrons. The molecule has 2 aromatic rings. The first-order valence-electron chi connectivity index (χ1n) is 10.9. The fourth-order valence-electron chi connectivity index (χ4n) is 5.21. The summed E-state index contributed by atoms with van der Waals surface area (Å²) in [7, 11) is 0. The van der Waals surface area contributed by atoms with Crippen LogP contribution in [0, 0.1) is 0 Å². The first kappa shape index (κ1) is 18.1. The molecule has 2 fully saturated rings. The Labute approximate surface area is 168 Å². The fraction of sp³-hybridized carbons (Fsp3) is 0.565. The number of hydrogen-bond acceptors (Lipinski definition) is 5. The summed E-state index contributed by atoms with van der Waals surface area (Å²) >= 11 is 0. The van der Waals surface area contributed by atoms with Crippen LogP contribution in [0.3, 0.4) is 0 Å². The van der Waals surface area contributed by atoms with Gasteiger partial charge in [-0.25, -0.2) is 9.97 Å². The molecule has 2 aliphatic heterocycles. The molecule has 1 aromatic heterocycles. The number of aromatic nitrogens is 2. The van der Waals surface area contributed by atoms with Gasteiger partial charge >= 0.3 is 0 Å². The van der Waals surface area contributed by atoms with Crippen LogP contribution >= 0.6 is 0 Å². The van der Waals surface area contributed by atoms with E-state index in [2.05, 4.69) is 50.0 Å². The number of benzene rings is 1. The summed E-state index contributed by atoms with van der Waals surface area (Å²) in [5.74, 6) is 1.20. The Morgan fingerprint density at radius 1 is 0.893 bits per heavy atom. The molecule has 0 unspecified atom stereocenters. The molecule has 0 bridgehead atoms. The number of anilines is 1. The van der Waals surface area contributed by atoms with Gasteiger partial charge in [-0.1, -0.05) is 43.2 Å². The zero-order valence-electron chi connectivity index (χ0n) is 16.8. The summed E-state index contributed by atoms with van der Waals surface area (Å²) in [6.45, 7) is 7.60. The average molecular weight is 378 g/mol. The molecule has 148 valence electrons. The van der Waals surface area contributed by atoms with Gasteiger partial charge < -0.3 is 4.90 Å². The molecule has 3 heterocycles. The number of nitrogens with zero attached hydrogens (tertiary/aromatic N) is 5. The molecular formula is C23H31N5. The van der Waals surface area contributed by atoms with E-state index >= 15 is 0 Å². The zero-order chi connectivity index (χ0) is 18.8. The number of rotatable bonds is 4. The van der Waals surface area contributed by atoms with E-state index in [-0.39, 0.29) is 0 Å². The van der Waals surface area contributed by atoms with Crippen LogP contribution in [0.2, 0.25) is 0 Å². The highest BCUT2D eigenvalue weighted by Gasteiger charge is 2.29. The first-order valence-corrected chi connectivity index (χ1v) is 10.9. The van der Waals surface area contributed by atoms with Crippen molar-refractivity contribution in [2.24, 2.45) is 0 Å². The predicted octanol–water partition coefficient (Wildman–Crippen LogP) is 3.10. The van der Waals surface area contributed by atoms with Gasteiger partial charge in [0.25, 0.3) is 0 Å². The monoisotopic (exact) mass is 377 g/mol. The van der Waals surface area contributed by atoms with E-state index < -0.39 is 0 Å². The van der Waals surface area contributed by atoms with Crippen LogP contribution in [0.15, 0.2) is 36.7 Å². The van der Waals surface area contributed by atoms with E-state index in [4.69, 9.17) is 4.98 Å². The van der Waals surface area contributed by atoms with Crippen molar-refractivity contribution in [3.63, 3.8) is 0 Å². The zero-order valence-corrected chi connectivity index (χ0v) is 16.8. The molecule has 1 aliphatic carbocycles. The summed E-state index contributed by atoms with van der Waals surface area (Å²) < 4.78 is 0. The third-order valence-electron chi connectivity index (χ3n) is 6.77. The maximum absolute atomic E-state index is 4.73. The van der Waals surface area contributed by atoms with Crippen molar-refractivity contribution in [1.82, 2.24) is 19.8 Å². The van der Waals surface area contributed by atoms with Crippen molar-refractivity contribution in [3.05, 3.63) is 53.5 Å². The third-order valence-corrected chi connectivity index (χ3v) is 6.77. The van der Waals surface area contributed by atoms with Gasteiger partial charge in [0.2, 0.25) is 0 Å². The Morgan fingerprint density at radius 3 is 2.46 bits per heavy atom. The van der Waals surface area contributed by atoms with Gasteiger partial charge in [0.05, 0.1) is 5.69 Å². The van der Waals surface area contributed by atoms with Gasteiger partial charge in [0, 0.05) is 57.4 Å². The molecular weight excluding hydrogens is 346 g/mol. The molecule has 0 atom stereocenters. The van der Waals surface area contributed by atoms with E-state index in [1.165, 1.54) is 61.4 Å². The van der Waals surface area contributed by atoms with Gasteiger partial charge in [-0.3, -0.25) is 9.80 Å². The van der Waals surface area contributed by atoms with E-state index in [9.17, 15) is 0 Å². The SMILES string of the molecule is c1ccc(CN2CCc3c(ncnc3N3CCN(C4CCCC4)CC3)C2)cc1. The molecule has 1 saturated carbocycles. The summed E-state index contributed by atoms with van der Waals surface area (Å²) in [6, 6.07) is 11.6. The van der Waals surface area contributed by atoms with Crippen molar-refractivity contribution in [1.29, 1.82) is 0 Å². The van der Waals surface area contributed by atoms with E-state index in [0.717, 1.165) is 45.2 Å². The van der Waals surface area contributed by atoms with Gasteiger partial charge in [0.1, 0.15) is 12.1 Å². The Kier molecular flexibility index (Phi) is 5.28. The van der Waals surface area contributed by atoms with E-state index in [1.807, 2.05) is 0 Å². The minimum atomic E-state index is 0.841. The Bertz CT molecular complexity index is 779. The molecule has 5 nitrogen and oxygen atoms in total. The van der Waals surface area contributed by atoms with Gasteiger partial charge in [-0.15, -0.1) is 0 Å². The van der Waals surface area contributed by atoms with Crippen LogP contribution in [0.4, 0.5) is 5.82 Å². The van der Waals surface area contributed by atoms with Crippen molar-refractivity contribution in [3.8, 4) is 0 Å². The van der Waals surface area contributed by atoms with Gasteiger partial charge in [-0.05, 0) is 24.8 Å². The standard InChI is InChI=1S/C23H31N5/c1-2-6-19(7-3-1)16-26-11-10-21-22(17-26)24-18-25-23(21)28-14-12-27(13-15-28)20-8-4-5-9-20/h1-3,6-7,18,20H,4-5,8-17H2. The van der Waals surface area contributed by atoms with Crippen LogP contribution in [0.1, 0.15) is 42.5 Å². The normalized spacial score (nSPS) is 21.8. The number of hydrogen-bond donors (Lipinski definition) is 0. The quantitative estimate of drug-likeness (QED) is 0.818. The van der Waals surface area contributed by atoms with Crippen molar-refractivity contribution < 1.29 is 0 Å². The summed E-state index contributed by atoms with van der Waals surface area (Å²) in [4.78, 5) is 17.1. The predicted molar refractivity (Wildman–Crippen MR) is 112 cm³/mol. The molecule has 0 N–H and O–H groups in total. The molecule has 3 aliphatic rings. The van der Waals surface area contributed by atoms with Crippen LogP contribution in [-0.4, -0.2) is 58.5 Å². The molecule has 0 amide bonds. The molecule has 5 heteroatoms.